The zero-order valence-electron chi connectivity index (χ0n) is 15.0. The molecule has 2 aromatic rings. The van der Waals surface area contributed by atoms with Crippen LogP contribution in [0.3, 0.4) is 0 Å². The van der Waals surface area contributed by atoms with Crippen LogP contribution in [0.2, 0.25) is 5.02 Å². The van der Waals surface area contributed by atoms with Gasteiger partial charge in [0, 0.05) is 16.8 Å². The van der Waals surface area contributed by atoms with Crippen LogP contribution in [0.25, 0.3) is 0 Å². The molecule has 2 fully saturated rings. The summed E-state index contributed by atoms with van der Waals surface area (Å²) in [6.45, 7) is 0.750. The molecule has 2 saturated heterocycles. The van der Waals surface area contributed by atoms with Crippen LogP contribution in [0.5, 0.6) is 0 Å². The molecule has 5 nitrogen and oxygen atoms in total. The van der Waals surface area contributed by atoms with Crippen molar-refractivity contribution >= 4 is 23.2 Å². The summed E-state index contributed by atoms with van der Waals surface area (Å²) >= 11 is 6.07. The maximum Gasteiger partial charge on any atom is 0.239 e. The van der Waals surface area contributed by atoms with Crippen molar-refractivity contribution in [1.29, 1.82) is 10.5 Å². The minimum atomic E-state index is -1.54. The third-order valence-electron chi connectivity index (χ3n) is 6.65. The van der Waals surface area contributed by atoms with Crippen molar-refractivity contribution in [3.05, 3.63) is 64.7 Å². The average Bonchev–Trinajstić information content (AvgIpc) is 3.35. The van der Waals surface area contributed by atoms with Gasteiger partial charge in [-0.15, -0.1) is 0 Å². The van der Waals surface area contributed by atoms with Crippen LogP contribution in [0.1, 0.15) is 30.0 Å². The molecule has 0 bridgehead atoms. The molecule has 0 aromatic heterocycles. The van der Waals surface area contributed by atoms with Gasteiger partial charge in [-0.25, -0.2) is 0 Å². The summed E-state index contributed by atoms with van der Waals surface area (Å²) in [5.74, 6) is -0.245. The monoisotopic (exact) mass is 388 g/mol. The summed E-state index contributed by atoms with van der Waals surface area (Å²) in [5.41, 5.74) is -0.452. The predicted octanol–water partition coefficient (Wildman–Crippen LogP) is 3.78. The SMILES string of the molecule is N#CC1(C#N)[C@H](c2ccc(Cl)cc2)N2CCC[C@H]2[C@@]12C(=O)Nc1ccccc12. The van der Waals surface area contributed by atoms with Crippen LogP contribution in [-0.2, 0) is 10.2 Å². The average molecular weight is 389 g/mol. The van der Waals surface area contributed by atoms with Gasteiger partial charge in [0.25, 0.3) is 0 Å². The highest BCUT2D eigenvalue weighted by Crippen LogP contribution is 2.66. The fraction of sp³-hybridized carbons (Fsp3) is 0.318. The number of para-hydroxylation sites is 1. The highest BCUT2D eigenvalue weighted by molar-refractivity contribution is 6.30. The number of halogens is 1. The summed E-state index contributed by atoms with van der Waals surface area (Å²) in [6.07, 6.45) is 1.70. The smallest absolute Gasteiger partial charge is 0.239 e. The lowest BCUT2D eigenvalue weighted by atomic mass is 9.57. The largest absolute Gasteiger partial charge is 0.325 e. The van der Waals surface area contributed by atoms with Crippen LogP contribution in [0.15, 0.2) is 48.5 Å². The van der Waals surface area contributed by atoms with E-state index in [0.717, 1.165) is 30.5 Å². The second-order valence-corrected chi connectivity index (χ2v) is 8.13. The highest BCUT2D eigenvalue weighted by Gasteiger charge is 2.76. The van der Waals surface area contributed by atoms with Crippen LogP contribution in [0.4, 0.5) is 5.69 Å². The Hall–Kier alpha value is -2.86. The zero-order chi connectivity index (χ0) is 19.5. The summed E-state index contributed by atoms with van der Waals surface area (Å²) in [7, 11) is 0. The molecule has 138 valence electrons. The van der Waals surface area contributed by atoms with Crippen molar-refractivity contribution in [3.8, 4) is 12.1 Å². The normalized spacial score (nSPS) is 29.8. The summed E-state index contributed by atoms with van der Waals surface area (Å²) in [4.78, 5) is 15.7. The van der Waals surface area contributed by atoms with E-state index in [0.29, 0.717) is 10.7 Å². The van der Waals surface area contributed by atoms with Crippen molar-refractivity contribution in [1.82, 2.24) is 4.90 Å². The first kappa shape index (κ1) is 17.3. The first-order valence-electron chi connectivity index (χ1n) is 9.35. The van der Waals surface area contributed by atoms with Gasteiger partial charge in [0.15, 0.2) is 5.41 Å². The van der Waals surface area contributed by atoms with Gasteiger partial charge in [-0.2, -0.15) is 10.5 Å². The van der Waals surface area contributed by atoms with Crippen molar-refractivity contribution in [2.24, 2.45) is 5.41 Å². The molecule has 5 rings (SSSR count). The number of anilines is 1. The van der Waals surface area contributed by atoms with Crippen molar-refractivity contribution < 1.29 is 4.79 Å². The fourth-order valence-corrected chi connectivity index (χ4v) is 5.83. The van der Waals surface area contributed by atoms with E-state index in [1.165, 1.54) is 0 Å². The molecule has 3 heterocycles. The quantitative estimate of drug-likeness (QED) is 0.806. The predicted molar refractivity (Wildman–Crippen MR) is 104 cm³/mol. The number of nitriles is 2. The van der Waals surface area contributed by atoms with Gasteiger partial charge in [0.2, 0.25) is 5.91 Å². The highest BCUT2D eigenvalue weighted by atomic mass is 35.5. The standard InChI is InChI=1S/C22H17ClN4O/c23-15-9-7-14(8-10-15)19-21(12-24,13-25)22(18-6-3-11-27(18)19)16-4-1-2-5-17(16)26-20(22)28/h1-2,4-5,7-10,18-19H,3,6,11H2,(H,26,28)/t18-,19-,22-/m0/s1. The van der Waals surface area contributed by atoms with Crippen LogP contribution < -0.4 is 5.32 Å². The molecule has 2 aromatic carbocycles. The zero-order valence-corrected chi connectivity index (χ0v) is 15.8. The van der Waals surface area contributed by atoms with Gasteiger partial charge in [0.1, 0.15) is 5.41 Å². The molecule has 6 heteroatoms. The second kappa shape index (κ2) is 5.82. The van der Waals surface area contributed by atoms with Crippen LogP contribution in [0, 0.1) is 28.1 Å². The molecule has 1 amide bonds. The van der Waals surface area contributed by atoms with Crippen molar-refractivity contribution in [2.75, 3.05) is 11.9 Å². The first-order valence-corrected chi connectivity index (χ1v) is 9.72. The summed E-state index contributed by atoms with van der Waals surface area (Å²) < 4.78 is 0. The molecule has 0 saturated carbocycles. The lowest BCUT2D eigenvalue weighted by Gasteiger charge is -2.36. The van der Waals surface area contributed by atoms with Crippen molar-refractivity contribution in [2.45, 2.75) is 30.3 Å². The molecular weight excluding hydrogens is 372 g/mol. The Bertz CT molecular complexity index is 1050. The van der Waals surface area contributed by atoms with Gasteiger partial charge in [-0.3, -0.25) is 9.69 Å². The molecule has 3 aliphatic heterocycles. The fourth-order valence-electron chi connectivity index (χ4n) is 5.70. The van der Waals surface area contributed by atoms with Crippen molar-refractivity contribution in [3.63, 3.8) is 0 Å². The molecule has 0 unspecified atom stereocenters. The molecule has 0 radical (unpaired) electrons. The topological polar surface area (TPSA) is 79.9 Å². The van der Waals surface area contributed by atoms with Crippen LogP contribution >= 0.6 is 11.6 Å². The number of benzene rings is 2. The van der Waals surface area contributed by atoms with Gasteiger partial charge in [-0.05, 0) is 48.7 Å². The Morgan fingerprint density at radius 1 is 1.11 bits per heavy atom. The minimum absolute atomic E-state index is 0.198. The van der Waals surface area contributed by atoms with E-state index in [4.69, 9.17) is 11.6 Å². The van der Waals surface area contributed by atoms with Gasteiger partial charge >= 0.3 is 0 Å². The van der Waals surface area contributed by atoms with E-state index in [2.05, 4.69) is 22.4 Å². The maximum atomic E-state index is 13.5. The number of hydrogen-bond acceptors (Lipinski definition) is 4. The molecule has 0 aliphatic carbocycles. The van der Waals surface area contributed by atoms with E-state index >= 15 is 0 Å². The number of nitrogens with one attached hydrogen (secondary N) is 1. The second-order valence-electron chi connectivity index (χ2n) is 7.69. The Kier molecular flexibility index (Phi) is 3.58. The first-order chi connectivity index (χ1) is 13.6. The Labute approximate surface area is 168 Å². The lowest BCUT2D eigenvalue weighted by molar-refractivity contribution is -0.123. The molecule has 28 heavy (non-hydrogen) atoms. The molecule has 1 spiro atoms. The van der Waals surface area contributed by atoms with E-state index in [9.17, 15) is 15.3 Å². The molecule has 1 N–H and O–H groups in total. The molecule has 3 aliphatic rings. The number of carbonyl (C=O) groups is 1. The number of carbonyl (C=O) groups excluding carboxylic acids is 1. The Balaban J connectivity index is 1.84. The van der Waals surface area contributed by atoms with Gasteiger partial charge < -0.3 is 5.32 Å². The van der Waals surface area contributed by atoms with E-state index < -0.39 is 16.9 Å². The van der Waals surface area contributed by atoms with Gasteiger partial charge in [-0.1, -0.05) is 41.9 Å². The number of hydrogen-bond donors (Lipinski definition) is 1. The van der Waals surface area contributed by atoms with E-state index in [-0.39, 0.29) is 11.9 Å². The number of amides is 1. The summed E-state index contributed by atoms with van der Waals surface area (Å²) in [6, 6.07) is 18.7. The van der Waals surface area contributed by atoms with Gasteiger partial charge in [0.05, 0.1) is 18.2 Å². The third-order valence-corrected chi connectivity index (χ3v) is 6.91. The molecule has 3 atom stereocenters. The Morgan fingerprint density at radius 2 is 1.82 bits per heavy atom. The molecular formula is C22H17ClN4O. The Morgan fingerprint density at radius 3 is 2.54 bits per heavy atom. The maximum absolute atomic E-state index is 13.5. The number of rotatable bonds is 1. The summed E-state index contributed by atoms with van der Waals surface area (Å²) in [5, 5.41) is 24.4. The van der Waals surface area contributed by atoms with Crippen LogP contribution in [-0.4, -0.2) is 23.4 Å². The lowest BCUT2D eigenvalue weighted by Crippen LogP contribution is -2.53. The van der Waals surface area contributed by atoms with E-state index in [1.54, 1.807) is 12.1 Å². The third kappa shape index (κ3) is 1.81. The minimum Gasteiger partial charge on any atom is -0.325 e. The van der Waals surface area contributed by atoms with E-state index in [1.807, 2.05) is 36.4 Å². The number of fused-ring (bicyclic) bond motifs is 4. The number of nitrogens with zero attached hydrogens (tertiary/aromatic N) is 3.